The number of esters is 1. The average Bonchev–Trinajstić information content (AvgIpc) is 2.72. The zero-order valence-corrected chi connectivity index (χ0v) is 18.6. The van der Waals surface area contributed by atoms with E-state index < -0.39 is 23.8 Å². The molecule has 0 spiro atoms. The summed E-state index contributed by atoms with van der Waals surface area (Å²) < 4.78 is 10.9. The summed E-state index contributed by atoms with van der Waals surface area (Å²) in [6.45, 7) is 3.80. The summed E-state index contributed by atoms with van der Waals surface area (Å²) in [7, 11) is 1.25. The molecule has 4 amide bonds. The van der Waals surface area contributed by atoms with Gasteiger partial charge in [-0.15, -0.1) is 0 Å². The van der Waals surface area contributed by atoms with Crippen LogP contribution < -0.4 is 15.0 Å². The van der Waals surface area contributed by atoms with Crippen LogP contribution in [0.4, 0.5) is 10.5 Å². The second-order valence-electron chi connectivity index (χ2n) is 6.85. The van der Waals surface area contributed by atoms with Gasteiger partial charge < -0.3 is 9.47 Å². The van der Waals surface area contributed by atoms with Crippen molar-refractivity contribution in [3.8, 4) is 5.75 Å². The van der Waals surface area contributed by atoms with Crippen LogP contribution in [0.15, 0.2) is 52.5 Å². The first kappa shape index (κ1) is 22.2. The lowest BCUT2D eigenvalue weighted by Crippen LogP contribution is -2.54. The highest BCUT2D eigenvalue weighted by Crippen LogP contribution is 2.29. The first-order valence-corrected chi connectivity index (χ1v) is 10.1. The molecule has 1 N–H and O–H groups in total. The predicted molar refractivity (Wildman–Crippen MR) is 117 cm³/mol. The van der Waals surface area contributed by atoms with Crippen molar-refractivity contribution in [1.29, 1.82) is 0 Å². The van der Waals surface area contributed by atoms with E-state index in [-0.39, 0.29) is 22.9 Å². The number of amides is 4. The maximum Gasteiger partial charge on any atom is 0.337 e. The van der Waals surface area contributed by atoms with Crippen LogP contribution in [0.5, 0.6) is 5.75 Å². The number of hydrogen-bond acceptors (Lipinski definition) is 6. The van der Waals surface area contributed by atoms with Gasteiger partial charge in [-0.1, -0.05) is 6.07 Å². The van der Waals surface area contributed by atoms with Crippen molar-refractivity contribution in [3.63, 3.8) is 0 Å². The molecular formula is C22H19BrN2O6. The standard InChI is InChI=1S/C22H19BrN2O6/c1-12(2)31-18-9-4-13(11-17(18)23)10-16-19(26)24-22(29)25(20(16)27)15-7-5-14(6-8-15)21(28)30-3/h4-12H,1-3H3,(H,24,26,29)/b16-10+. The molecule has 1 saturated heterocycles. The smallest absolute Gasteiger partial charge is 0.337 e. The molecule has 1 fully saturated rings. The molecule has 0 saturated carbocycles. The fraction of sp³-hybridized carbons (Fsp3) is 0.182. The Morgan fingerprint density at radius 3 is 2.35 bits per heavy atom. The van der Waals surface area contributed by atoms with Crippen molar-refractivity contribution in [3.05, 3.63) is 63.6 Å². The number of anilines is 1. The van der Waals surface area contributed by atoms with E-state index in [0.29, 0.717) is 15.8 Å². The third-order valence-corrected chi connectivity index (χ3v) is 4.90. The summed E-state index contributed by atoms with van der Waals surface area (Å²) in [6, 6.07) is 9.94. The van der Waals surface area contributed by atoms with E-state index in [1.165, 1.54) is 37.5 Å². The minimum atomic E-state index is -0.875. The van der Waals surface area contributed by atoms with E-state index in [4.69, 9.17) is 4.74 Å². The Labute approximate surface area is 186 Å². The summed E-state index contributed by atoms with van der Waals surface area (Å²) in [4.78, 5) is 50.0. The van der Waals surface area contributed by atoms with E-state index >= 15 is 0 Å². The van der Waals surface area contributed by atoms with Crippen LogP contribution in [0.2, 0.25) is 0 Å². The Morgan fingerprint density at radius 2 is 1.77 bits per heavy atom. The van der Waals surface area contributed by atoms with Crippen molar-refractivity contribution < 1.29 is 28.7 Å². The van der Waals surface area contributed by atoms with Gasteiger partial charge in [0, 0.05) is 0 Å². The number of urea groups is 1. The summed E-state index contributed by atoms with van der Waals surface area (Å²) in [5.74, 6) is -1.50. The number of halogens is 1. The number of ether oxygens (including phenoxy) is 2. The van der Waals surface area contributed by atoms with Crippen molar-refractivity contribution >= 4 is 51.5 Å². The van der Waals surface area contributed by atoms with E-state index in [0.717, 1.165) is 4.90 Å². The number of nitrogens with one attached hydrogen (secondary N) is 1. The molecule has 31 heavy (non-hydrogen) atoms. The third-order valence-electron chi connectivity index (χ3n) is 4.28. The fourth-order valence-corrected chi connectivity index (χ4v) is 3.37. The van der Waals surface area contributed by atoms with Crippen molar-refractivity contribution in [1.82, 2.24) is 5.32 Å². The fourth-order valence-electron chi connectivity index (χ4n) is 2.88. The lowest BCUT2D eigenvalue weighted by Gasteiger charge is -2.26. The normalized spacial score (nSPS) is 15.3. The topological polar surface area (TPSA) is 102 Å². The summed E-state index contributed by atoms with van der Waals surface area (Å²) in [6.07, 6.45) is 1.38. The number of benzene rings is 2. The Bertz CT molecular complexity index is 1090. The Balaban J connectivity index is 1.92. The lowest BCUT2D eigenvalue weighted by atomic mass is 10.1. The number of carbonyl (C=O) groups excluding carboxylic acids is 4. The molecule has 0 atom stereocenters. The van der Waals surface area contributed by atoms with Gasteiger partial charge in [0.05, 0.1) is 28.9 Å². The molecule has 0 bridgehead atoms. The molecule has 0 aliphatic carbocycles. The van der Waals surface area contributed by atoms with E-state index in [2.05, 4.69) is 26.0 Å². The van der Waals surface area contributed by atoms with Crippen LogP contribution in [0.25, 0.3) is 6.08 Å². The van der Waals surface area contributed by atoms with Crippen molar-refractivity contribution in [2.75, 3.05) is 12.0 Å². The monoisotopic (exact) mass is 486 g/mol. The Morgan fingerprint density at radius 1 is 1.10 bits per heavy atom. The minimum Gasteiger partial charge on any atom is -0.490 e. The summed E-state index contributed by atoms with van der Waals surface area (Å²) >= 11 is 3.41. The number of rotatable bonds is 5. The number of hydrogen-bond donors (Lipinski definition) is 1. The van der Waals surface area contributed by atoms with Gasteiger partial charge in [-0.25, -0.2) is 14.5 Å². The van der Waals surface area contributed by atoms with Crippen LogP contribution in [0.1, 0.15) is 29.8 Å². The Hall–Kier alpha value is -3.46. The van der Waals surface area contributed by atoms with Crippen molar-refractivity contribution in [2.24, 2.45) is 0 Å². The largest absolute Gasteiger partial charge is 0.490 e. The van der Waals surface area contributed by atoms with Gasteiger partial charge >= 0.3 is 12.0 Å². The second kappa shape index (κ2) is 9.13. The first-order valence-electron chi connectivity index (χ1n) is 9.27. The van der Waals surface area contributed by atoms with Crippen LogP contribution in [-0.4, -0.2) is 37.0 Å². The maximum atomic E-state index is 13.0. The van der Waals surface area contributed by atoms with Gasteiger partial charge in [-0.05, 0) is 77.8 Å². The highest BCUT2D eigenvalue weighted by atomic mass is 79.9. The van der Waals surface area contributed by atoms with E-state index in [1.807, 2.05) is 13.8 Å². The maximum absolute atomic E-state index is 13.0. The van der Waals surface area contributed by atoms with E-state index in [1.54, 1.807) is 18.2 Å². The zero-order chi connectivity index (χ0) is 22.7. The number of imide groups is 2. The molecule has 0 aromatic heterocycles. The van der Waals surface area contributed by atoms with Gasteiger partial charge in [0.25, 0.3) is 11.8 Å². The molecule has 9 heteroatoms. The average molecular weight is 487 g/mol. The molecule has 2 aromatic rings. The molecule has 0 unspecified atom stereocenters. The van der Waals surface area contributed by atoms with Crippen molar-refractivity contribution in [2.45, 2.75) is 20.0 Å². The Kier molecular flexibility index (Phi) is 6.55. The molecule has 1 aliphatic rings. The predicted octanol–water partition coefficient (Wildman–Crippen LogP) is 3.69. The molecule has 3 rings (SSSR count). The highest BCUT2D eigenvalue weighted by Gasteiger charge is 2.36. The van der Waals surface area contributed by atoms with Crippen LogP contribution in [-0.2, 0) is 14.3 Å². The summed E-state index contributed by atoms with van der Waals surface area (Å²) in [5.41, 5.74) is 0.824. The van der Waals surface area contributed by atoms with Crippen LogP contribution >= 0.6 is 15.9 Å². The second-order valence-corrected chi connectivity index (χ2v) is 7.71. The van der Waals surface area contributed by atoms with Crippen LogP contribution in [0.3, 0.4) is 0 Å². The highest BCUT2D eigenvalue weighted by molar-refractivity contribution is 9.10. The number of methoxy groups -OCH3 is 1. The quantitative estimate of drug-likeness (QED) is 0.392. The van der Waals surface area contributed by atoms with Crippen LogP contribution in [0, 0.1) is 0 Å². The van der Waals surface area contributed by atoms with Gasteiger partial charge in [0.1, 0.15) is 11.3 Å². The van der Waals surface area contributed by atoms with E-state index in [9.17, 15) is 19.2 Å². The number of carbonyl (C=O) groups is 4. The molecule has 2 aromatic carbocycles. The molecule has 1 heterocycles. The van der Waals surface area contributed by atoms with Gasteiger partial charge in [0.15, 0.2) is 0 Å². The van der Waals surface area contributed by atoms with Gasteiger partial charge in [-0.2, -0.15) is 0 Å². The molecule has 0 radical (unpaired) electrons. The summed E-state index contributed by atoms with van der Waals surface area (Å²) in [5, 5.41) is 2.16. The van der Waals surface area contributed by atoms with Gasteiger partial charge in [0.2, 0.25) is 0 Å². The molecule has 160 valence electrons. The molecule has 8 nitrogen and oxygen atoms in total. The minimum absolute atomic E-state index is 0.0173. The third kappa shape index (κ3) is 4.83. The molecule has 1 aliphatic heterocycles. The number of barbiturate groups is 1. The van der Waals surface area contributed by atoms with Gasteiger partial charge in [-0.3, -0.25) is 14.9 Å². The molecular weight excluding hydrogens is 468 g/mol. The first-order chi connectivity index (χ1) is 14.7. The SMILES string of the molecule is COC(=O)c1ccc(N2C(=O)NC(=O)/C(=C\c3ccc(OC(C)C)c(Br)c3)C2=O)cc1. The number of nitrogens with zero attached hydrogens (tertiary/aromatic N) is 1. The lowest BCUT2D eigenvalue weighted by molar-refractivity contribution is -0.122. The zero-order valence-electron chi connectivity index (χ0n) is 17.0.